The van der Waals surface area contributed by atoms with E-state index in [0.717, 1.165) is 16.7 Å². The van der Waals surface area contributed by atoms with Gasteiger partial charge in [0, 0.05) is 6.42 Å². The Morgan fingerprint density at radius 2 is 1.58 bits per heavy atom. The van der Waals surface area contributed by atoms with Gasteiger partial charge in [0.25, 0.3) is 0 Å². The molecule has 3 nitrogen and oxygen atoms in total. The maximum absolute atomic E-state index is 9.73. The van der Waals surface area contributed by atoms with Crippen LogP contribution in [0.2, 0.25) is 0 Å². The topological polar surface area (TPSA) is 72.3 Å². The molecule has 0 aromatic heterocycles. The van der Waals surface area contributed by atoms with Crippen LogP contribution in [0.15, 0.2) is 36.4 Å². The van der Waals surface area contributed by atoms with Crippen LogP contribution in [0.25, 0.3) is 0 Å². The van der Waals surface area contributed by atoms with Crippen LogP contribution in [0.4, 0.5) is 11.4 Å². The summed E-state index contributed by atoms with van der Waals surface area (Å²) in [5.41, 5.74) is 15.8. The standard InChI is InChI=1S/C14H16N2O.2ClH/c1-9-10(6-7-12(15)14(9)16)8-11-4-2-3-5-13(11)17;;/h2-7,17H,8,15-16H2,1H3;2*1H. The molecule has 0 radical (unpaired) electrons. The molecule has 0 saturated heterocycles. The Bertz CT molecular complexity index is 559. The average molecular weight is 301 g/mol. The monoisotopic (exact) mass is 300 g/mol. The maximum Gasteiger partial charge on any atom is 0.119 e. The molecule has 2 aromatic rings. The van der Waals surface area contributed by atoms with Crippen LogP contribution in [0.5, 0.6) is 5.75 Å². The van der Waals surface area contributed by atoms with Gasteiger partial charge in [-0.15, -0.1) is 24.8 Å². The first-order valence-corrected chi connectivity index (χ1v) is 5.50. The number of phenols is 1. The number of nitrogens with two attached hydrogens (primary N) is 2. The van der Waals surface area contributed by atoms with Crippen molar-refractivity contribution >= 4 is 36.2 Å². The van der Waals surface area contributed by atoms with E-state index in [2.05, 4.69) is 0 Å². The highest BCUT2D eigenvalue weighted by Gasteiger charge is 2.07. The van der Waals surface area contributed by atoms with Crippen molar-refractivity contribution in [1.82, 2.24) is 0 Å². The lowest BCUT2D eigenvalue weighted by Gasteiger charge is -2.11. The first kappa shape index (κ1) is 17.4. The number of para-hydroxylation sites is 1. The molecule has 0 aliphatic heterocycles. The molecule has 5 N–H and O–H groups in total. The number of rotatable bonds is 2. The third-order valence-corrected chi connectivity index (χ3v) is 3.03. The molecule has 0 amide bonds. The van der Waals surface area contributed by atoms with E-state index < -0.39 is 0 Å². The van der Waals surface area contributed by atoms with E-state index >= 15 is 0 Å². The Hall–Kier alpha value is -1.58. The lowest BCUT2D eigenvalue weighted by Crippen LogP contribution is -2.01. The quantitative estimate of drug-likeness (QED) is 0.745. The Labute approximate surface area is 125 Å². The van der Waals surface area contributed by atoms with Crippen molar-refractivity contribution in [3.8, 4) is 5.75 Å². The van der Waals surface area contributed by atoms with Gasteiger partial charge in [0.15, 0.2) is 0 Å². The Morgan fingerprint density at radius 1 is 0.947 bits per heavy atom. The molecule has 0 unspecified atom stereocenters. The fourth-order valence-corrected chi connectivity index (χ4v) is 1.85. The lowest BCUT2D eigenvalue weighted by atomic mass is 9.98. The van der Waals surface area contributed by atoms with Crippen molar-refractivity contribution < 1.29 is 5.11 Å². The number of anilines is 2. The zero-order valence-electron chi connectivity index (χ0n) is 10.6. The summed E-state index contributed by atoms with van der Waals surface area (Å²) in [5.74, 6) is 0.308. The summed E-state index contributed by atoms with van der Waals surface area (Å²) in [6.07, 6.45) is 0.656. The SMILES string of the molecule is Cc1c(Cc2ccccc2O)ccc(N)c1N.Cl.Cl. The molecule has 0 atom stereocenters. The summed E-state index contributed by atoms with van der Waals surface area (Å²) in [6, 6.07) is 11.1. The van der Waals surface area contributed by atoms with Gasteiger partial charge >= 0.3 is 0 Å². The number of nitrogen functional groups attached to an aromatic ring is 2. The van der Waals surface area contributed by atoms with Gasteiger partial charge in [-0.1, -0.05) is 24.3 Å². The zero-order chi connectivity index (χ0) is 12.4. The number of hydrogen-bond donors (Lipinski definition) is 3. The highest BCUT2D eigenvalue weighted by molar-refractivity contribution is 5.85. The number of phenolic OH excluding ortho intramolecular Hbond substituents is 1. The smallest absolute Gasteiger partial charge is 0.119 e. The van der Waals surface area contributed by atoms with Gasteiger partial charge in [-0.3, -0.25) is 0 Å². The number of benzene rings is 2. The van der Waals surface area contributed by atoms with Gasteiger partial charge in [-0.25, -0.2) is 0 Å². The van der Waals surface area contributed by atoms with Crippen molar-refractivity contribution in [2.45, 2.75) is 13.3 Å². The summed E-state index contributed by atoms with van der Waals surface area (Å²) in [6.45, 7) is 1.95. The highest BCUT2D eigenvalue weighted by Crippen LogP contribution is 2.27. The Kier molecular flexibility index (Phi) is 6.53. The summed E-state index contributed by atoms with van der Waals surface area (Å²) < 4.78 is 0. The Balaban J connectivity index is 0.00000162. The van der Waals surface area contributed by atoms with Gasteiger partial charge < -0.3 is 16.6 Å². The van der Waals surface area contributed by atoms with Crippen LogP contribution >= 0.6 is 24.8 Å². The average Bonchev–Trinajstić information content (AvgIpc) is 2.32. The zero-order valence-corrected chi connectivity index (χ0v) is 12.2. The predicted octanol–water partition coefficient (Wildman–Crippen LogP) is 3.30. The lowest BCUT2D eigenvalue weighted by molar-refractivity contribution is 0.469. The Morgan fingerprint density at radius 3 is 2.21 bits per heavy atom. The minimum atomic E-state index is 0. The van der Waals surface area contributed by atoms with Crippen LogP contribution in [-0.4, -0.2) is 5.11 Å². The molecule has 0 heterocycles. The maximum atomic E-state index is 9.73. The van der Waals surface area contributed by atoms with Gasteiger partial charge in [0.1, 0.15) is 5.75 Å². The second-order valence-corrected chi connectivity index (χ2v) is 4.16. The van der Waals surface area contributed by atoms with Gasteiger partial charge in [0.2, 0.25) is 0 Å². The number of halogens is 2. The van der Waals surface area contributed by atoms with Gasteiger partial charge in [-0.05, 0) is 35.7 Å². The molecule has 2 aromatic carbocycles. The molecule has 0 aliphatic rings. The van der Waals surface area contributed by atoms with Crippen molar-refractivity contribution in [3.05, 3.63) is 53.1 Å². The number of aromatic hydroxyl groups is 1. The molecule has 104 valence electrons. The molecule has 2 rings (SSSR count). The van der Waals surface area contributed by atoms with Crippen molar-refractivity contribution in [3.63, 3.8) is 0 Å². The molecule has 19 heavy (non-hydrogen) atoms. The molecule has 0 bridgehead atoms. The van der Waals surface area contributed by atoms with Crippen LogP contribution in [-0.2, 0) is 6.42 Å². The normalized spacial score (nSPS) is 9.32. The van der Waals surface area contributed by atoms with Gasteiger partial charge in [-0.2, -0.15) is 0 Å². The van der Waals surface area contributed by atoms with Crippen LogP contribution < -0.4 is 11.5 Å². The van der Waals surface area contributed by atoms with E-state index in [1.165, 1.54) is 0 Å². The molecule has 0 fully saturated rings. The van der Waals surface area contributed by atoms with Gasteiger partial charge in [0.05, 0.1) is 11.4 Å². The second kappa shape index (κ2) is 7.12. The summed E-state index contributed by atoms with van der Waals surface area (Å²) >= 11 is 0. The first-order chi connectivity index (χ1) is 8.09. The van der Waals surface area contributed by atoms with E-state index in [1.807, 2.05) is 31.2 Å². The predicted molar refractivity (Wildman–Crippen MR) is 85.4 cm³/mol. The molecule has 0 aliphatic carbocycles. The summed E-state index contributed by atoms with van der Waals surface area (Å²) in [7, 11) is 0. The van der Waals surface area contributed by atoms with E-state index in [-0.39, 0.29) is 24.8 Å². The van der Waals surface area contributed by atoms with Crippen LogP contribution in [0, 0.1) is 6.92 Å². The van der Waals surface area contributed by atoms with Crippen molar-refractivity contribution in [2.24, 2.45) is 0 Å². The summed E-state index contributed by atoms with van der Waals surface area (Å²) in [5, 5.41) is 9.73. The fraction of sp³-hybridized carbons (Fsp3) is 0.143. The fourth-order valence-electron chi connectivity index (χ4n) is 1.85. The third-order valence-electron chi connectivity index (χ3n) is 3.03. The largest absolute Gasteiger partial charge is 0.508 e. The van der Waals surface area contributed by atoms with Crippen molar-refractivity contribution in [2.75, 3.05) is 11.5 Å². The molecular weight excluding hydrogens is 283 g/mol. The summed E-state index contributed by atoms with van der Waals surface area (Å²) in [4.78, 5) is 0. The highest BCUT2D eigenvalue weighted by atomic mass is 35.5. The third kappa shape index (κ3) is 3.69. The number of hydrogen-bond acceptors (Lipinski definition) is 3. The van der Waals surface area contributed by atoms with Crippen LogP contribution in [0.3, 0.4) is 0 Å². The minimum absolute atomic E-state index is 0. The molecular formula is C14H18Cl2N2O. The molecule has 0 spiro atoms. The van der Waals surface area contributed by atoms with E-state index in [0.29, 0.717) is 23.5 Å². The van der Waals surface area contributed by atoms with E-state index in [9.17, 15) is 5.11 Å². The molecule has 5 heteroatoms. The van der Waals surface area contributed by atoms with E-state index in [4.69, 9.17) is 11.5 Å². The second-order valence-electron chi connectivity index (χ2n) is 4.16. The van der Waals surface area contributed by atoms with E-state index in [1.54, 1.807) is 12.1 Å². The van der Waals surface area contributed by atoms with Crippen LogP contribution in [0.1, 0.15) is 16.7 Å². The first-order valence-electron chi connectivity index (χ1n) is 5.50. The van der Waals surface area contributed by atoms with Crippen molar-refractivity contribution in [1.29, 1.82) is 0 Å². The minimum Gasteiger partial charge on any atom is -0.508 e. The molecule has 0 saturated carbocycles.